The van der Waals surface area contributed by atoms with Crippen LogP contribution in [0.4, 0.5) is 22.0 Å². The molecule has 0 aliphatic heterocycles. The molecule has 8 nitrogen and oxygen atoms in total. The zero-order valence-electron chi connectivity index (χ0n) is 23.2. The van der Waals surface area contributed by atoms with Crippen molar-refractivity contribution in [2.24, 2.45) is 46.3 Å². The lowest BCUT2D eigenvalue weighted by atomic mass is 9.43. The number of hydrogen-bond donors (Lipinski definition) is 1. The Kier molecular flexibility index (Phi) is 7.94. The molecule has 4 rings (SSSR count). The smallest absolute Gasteiger partial charge is 0.351 e. The van der Waals surface area contributed by atoms with Crippen LogP contribution < -0.4 is 0 Å². The number of Topliss-reactive ketones (excluding diaryl/α,β-unsaturated/α-hetero) is 4. The second-order valence-corrected chi connectivity index (χ2v) is 14.3. The Morgan fingerprint density at radius 2 is 1.66 bits per heavy atom. The predicted octanol–water partition coefficient (Wildman–Crippen LogP) is 4.59. The highest BCUT2D eigenvalue weighted by atomic mass is 32.2. The van der Waals surface area contributed by atoms with Crippen molar-refractivity contribution in [3.8, 4) is 0 Å². The fourth-order valence-electron chi connectivity index (χ4n) is 8.63. The van der Waals surface area contributed by atoms with Crippen molar-refractivity contribution in [1.29, 1.82) is 0 Å². The topological polar surface area (TPSA) is 132 Å². The summed E-state index contributed by atoms with van der Waals surface area (Å²) in [5.41, 5.74) is -2.50. The van der Waals surface area contributed by atoms with Crippen LogP contribution in [0.5, 0.6) is 0 Å². The molecule has 0 heterocycles. The van der Waals surface area contributed by atoms with Crippen molar-refractivity contribution >= 4 is 33.3 Å². The van der Waals surface area contributed by atoms with E-state index in [9.17, 15) is 49.5 Å². The summed E-state index contributed by atoms with van der Waals surface area (Å²) >= 11 is 0. The van der Waals surface area contributed by atoms with Gasteiger partial charge >= 0.3 is 21.5 Å². The van der Waals surface area contributed by atoms with Crippen molar-refractivity contribution < 1.29 is 58.8 Å². The summed E-state index contributed by atoms with van der Waals surface area (Å²) in [7, 11) is -6.66. The molecule has 10 atom stereocenters. The van der Waals surface area contributed by atoms with Gasteiger partial charge in [-0.25, -0.2) is 0 Å². The Hall–Kier alpha value is -1.80. The summed E-state index contributed by atoms with van der Waals surface area (Å²) in [6.07, 6.45) is -11.7. The maximum Gasteiger partial charge on any atom is 0.421 e. The summed E-state index contributed by atoms with van der Waals surface area (Å²) < 4.78 is 108. The van der Waals surface area contributed by atoms with Crippen molar-refractivity contribution in [3.05, 3.63) is 0 Å². The van der Waals surface area contributed by atoms with Crippen LogP contribution in [0, 0.1) is 46.3 Å². The Morgan fingerprint density at radius 1 is 1.05 bits per heavy atom. The van der Waals surface area contributed by atoms with Gasteiger partial charge in [0.1, 0.15) is 23.5 Å². The molecule has 4 saturated carbocycles. The third-order valence-electron chi connectivity index (χ3n) is 10.6. The van der Waals surface area contributed by atoms with Gasteiger partial charge in [0.25, 0.3) is 0 Å². The van der Waals surface area contributed by atoms with Crippen LogP contribution in [0.3, 0.4) is 0 Å². The van der Waals surface area contributed by atoms with E-state index < -0.39 is 97.4 Å². The number of fused-ring (bicyclic) bond motifs is 5. The second kappa shape index (κ2) is 10.1. The van der Waals surface area contributed by atoms with Gasteiger partial charge < -0.3 is 4.74 Å². The van der Waals surface area contributed by atoms with Crippen LogP contribution in [0.25, 0.3) is 0 Å². The van der Waals surface area contributed by atoms with E-state index in [0.29, 0.717) is 19.3 Å². The van der Waals surface area contributed by atoms with Crippen LogP contribution in [0.1, 0.15) is 72.6 Å². The molecular formula is C27H35F5O8S. The number of carbonyl (C=O) groups excluding carboxylic acids is 4. The first-order valence-electron chi connectivity index (χ1n) is 13.8. The lowest BCUT2D eigenvalue weighted by molar-refractivity contribution is -0.279. The van der Waals surface area contributed by atoms with Gasteiger partial charge in [0.15, 0.2) is 5.78 Å². The number of ketones is 4. The molecule has 0 bridgehead atoms. The summed E-state index contributed by atoms with van der Waals surface area (Å²) in [4.78, 5) is 53.8. The number of halogens is 5. The predicted molar refractivity (Wildman–Crippen MR) is 132 cm³/mol. The van der Waals surface area contributed by atoms with Gasteiger partial charge in [-0.1, -0.05) is 40.5 Å². The number of ether oxygens (including phenoxy) is 1. The first kappa shape index (κ1) is 32.1. The highest BCUT2D eigenvalue weighted by Crippen LogP contribution is 2.66. The molecule has 0 radical (unpaired) electrons. The number of carbonyl (C=O) groups is 4. The highest BCUT2D eigenvalue weighted by molar-refractivity contribution is 7.86. The molecule has 0 aromatic heterocycles. The van der Waals surface area contributed by atoms with E-state index in [-0.39, 0.29) is 31.5 Å². The fraction of sp³-hybridized carbons (Fsp3) is 0.852. The Bertz CT molecular complexity index is 1250. The van der Waals surface area contributed by atoms with Gasteiger partial charge in [-0.05, 0) is 29.6 Å². The van der Waals surface area contributed by atoms with Crippen LogP contribution in [-0.4, -0.2) is 59.7 Å². The lowest BCUT2D eigenvalue weighted by Gasteiger charge is -2.59. The number of hydrogen-bond acceptors (Lipinski definition) is 7. The molecule has 0 aromatic rings. The minimum atomic E-state index is -6.66. The minimum absolute atomic E-state index is 0.0585. The summed E-state index contributed by atoms with van der Waals surface area (Å²) in [5.74, 6) is -8.00. The van der Waals surface area contributed by atoms with Crippen LogP contribution >= 0.6 is 0 Å². The molecule has 3 unspecified atom stereocenters. The molecule has 0 amide bonds. The summed E-state index contributed by atoms with van der Waals surface area (Å²) in [6.45, 7) is 6.56. The van der Waals surface area contributed by atoms with E-state index >= 15 is 0 Å². The van der Waals surface area contributed by atoms with Gasteiger partial charge in [-0.15, -0.1) is 0 Å². The van der Waals surface area contributed by atoms with Crippen molar-refractivity contribution in [3.63, 3.8) is 0 Å². The van der Waals surface area contributed by atoms with E-state index in [1.807, 2.05) is 0 Å². The largest absolute Gasteiger partial charge is 0.421 e. The first-order valence-corrected chi connectivity index (χ1v) is 15.3. The molecule has 0 spiro atoms. The van der Waals surface area contributed by atoms with E-state index in [0.717, 1.165) is 0 Å². The monoisotopic (exact) mass is 614 g/mol. The third-order valence-corrected chi connectivity index (χ3v) is 11.5. The summed E-state index contributed by atoms with van der Waals surface area (Å²) in [5, 5.41) is -5.88. The Labute approximate surface area is 234 Å². The molecule has 14 heteroatoms. The molecule has 4 aliphatic carbocycles. The SMILES string of the molecule is CCC[C@@H](C)[C@H]1C(=O)C(OC(C(F)(F)F)C(F)(F)S(=O)(=O)O)[C@H]2[C@@H]3C(=O)CC4CC(=O)CC[C@]4(C)[C@H]3CC(=O)[C@]12C. The Morgan fingerprint density at radius 3 is 2.20 bits per heavy atom. The average Bonchev–Trinajstić information content (AvgIpc) is 3.05. The molecule has 232 valence electrons. The molecule has 41 heavy (non-hydrogen) atoms. The van der Waals surface area contributed by atoms with E-state index in [1.54, 1.807) is 20.8 Å². The van der Waals surface area contributed by atoms with Crippen molar-refractivity contribution in [2.75, 3.05) is 0 Å². The number of rotatable bonds is 7. The first-order chi connectivity index (χ1) is 18.6. The van der Waals surface area contributed by atoms with Gasteiger partial charge in [-0.2, -0.15) is 30.4 Å². The maximum absolute atomic E-state index is 14.6. The van der Waals surface area contributed by atoms with Crippen LogP contribution in [0.15, 0.2) is 0 Å². The van der Waals surface area contributed by atoms with Crippen molar-refractivity contribution in [1.82, 2.24) is 0 Å². The average molecular weight is 615 g/mol. The maximum atomic E-state index is 14.6. The zero-order chi connectivity index (χ0) is 31.1. The highest BCUT2D eigenvalue weighted by Gasteiger charge is 2.74. The minimum Gasteiger partial charge on any atom is -0.351 e. The number of alkyl halides is 5. The molecule has 1 N–H and O–H groups in total. The second-order valence-electron chi connectivity index (χ2n) is 12.8. The molecule has 4 aliphatic rings. The zero-order valence-corrected chi connectivity index (χ0v) is 24.0. The summed E-state index contributed by atoms with van der Waals surface area (Å²) in [6, 6.07) is 0. The molecule has 0 aromatic carbocycles. The normalized spacial score (nSPS) is 39.7. The quantitative estimate of drug-likeness (QED) is 0.325. The Balaban J connectivity index is 1.89. The van der Waals surface area contributed by atoms with Gasteiger partial charge in [0.2, 0.25) is 6.10 Å². The van der Waals surface area contributed by atoms with Crippen LogP contribution in [0.2, 0.25) is 0 Å². The lowest BCUT2D eigenvalue weighted by Crippen LogP contribution is -2.62. The van der Waals surface area contributed by atoms with Crippen LogP contribution in [-0.2, 0) is 34.0 Å². The van der Waals surface area contributed by atoms with Gasteiger partial charge in [-0.3, -0.25) is 23.7 Å². The van der Waals surface area contributed by atoms with E-state index in [4.69, 9.17) is 9.29 Å². The van der Waals surface area contributed by atoms with Gasteiger partial charge in [0.05, 0.1) is 0 Å². The van der Waals surface area contributed by atoms with Gasteiger partial charge in [0, 0.05) is 48.9 Å². The molecule has 0 saturated heterocycles. The standard InChI is InChI=1S/C27H35F5O8S/c1-5-6-12(2)19-21(36)22(40-23(26(28,29)30)27(31,32)41(37,38)39)20-18-15(11-17(35)25(19,20)4)24(3)8-7-14(33)9-13(24)10-16(18)34/h12-13,15,18-20,22-23H,5-11H2,1-4H3,(H,37,38,39)/t12-,13?,15+,18+,19+,20-,22?,23?,24+,25-/m1/s1. The third kappa shape index (κ3) is 4.79. The molecular weight excluding hydrogens is 579 g/mol. The fourth-order valence-corrected chi connectivity index (χ4v) is 9.09. The molecule has 4 fully saturated rings. The van der Waals surface area contributed by atoms with E-state index in [2.05, 4.69) is 0 Å². The van der Waals surface area contributed by atoms with Crippen molar-refractivity contribution in [2.45, 2.75) is 96.3 Å². The van der Waals surface area contributed by atoms with E-state index in [1.165, 1.54) is 6.92 Å².